The fraction of sp³-hybridized carbons (Fsp3) is 0.500. The minimum absolute atomic E-state index is 0.436. The van der Waals surface area contributed by atoms with E-state index < -0.39 is 0 Å². The topological polar surface area (TPSA) is 24.9 Å². The lowest BCUT2D eigenvalue weighted by Gasteiger charge is -2.25. The molecule has 2 aliphatic carbocycles. The van der Waals surface area contributed by atoms with E-state index in [1.807, 2.05) is 26.1 Å². The largest absolute Gasteiger partial charge is 0.305 e. The number of aromatic nitrogens is 1. The van der Waals surface area contributed by atoms with Crippen molar-refractivity contribution >= 4 is 0 Å². The molecule has 0 saturated carbocycles. The molecule has 3 rings (SSSR count). The normalized spacial score (nSPS) is 20.5. The zero-order chi connectivity index (χ0) is 14.2. The predicted molar refractivity (Wildman–Crippen MR) is 85.7 cm³/mol. The second kappa shape index (κ2) is 8.01. The summed E-state index contributed by atoms with van der Waals surface area (Å²) in [5.74, 6) is 0. The molecule has 20 heavy (non-hydrogen) atoms. The van der Waals surface area contributed by atoms with Gasteiger partial charge in [0.1, 0.15) is 0 Å². The standard InChI is InChI=1S/C16H20N2.C2H6/c1-2-6-13(7-3-1)12-18-15-10-4-8-14-9-5-11-17-16(14)15;1-2/h2,5-7,9,11,15,18H,1,3-4,8,10,12H2;1-2H3. The monoisotopic (exact) mass is 270 g/mol. The van der Waals surface area contributed by atoms with Gasteiger partial charge in [0.25, 0.3) is 0 Å². The van der Waals surface area contributed by atoms with Crippen LogP contribution in [0.15, 0.2) is 42.1 Å². The van der Waals surface area contributed by atoms with Gasteiger partial charge in [-0.15, -0.1) is 0 Å². The number of allylic oxidation sites excluding steroid dienone is 2. The molecule has 1 atom stereocenters. The molecular formula is C18H26N2. The van der Waals surface area contributed by atoms with Gasteiger partial charge in [-0.3, -0.25) is 4.98 Å². The maximum Gasteiger partial charge on any atom is 0.0605 e. The fourth-order valence-corrected chi connectivity index (χ4v) is 2.85. The van der Waals surface area contributed by atoms with Gasteiger partial charge in [-0.2, -0.15) is 0 Å². The third-order valence-corrected chi connectivity index (χ3v) is 3.82. The van der Waals surface area contributed by atoms with E-state index in [1.165, 1.54) is 48.9 Å². The van der Waals surface area contributed by atoms with E-state index in [4.69, 9.17) is 0 Å². The summed E-state index contributed by atoms with van der Waals surface area (Å²) in [6, 6.07) is 4.70. The Balaban J connectivity index is 0.000000704. The van der Waals surface area contributed by atoms with Gasteiger partial charge in [-0.25, -0.2) is 0 Å². The van der Waals surface area contributed by atoms with Crippen molar-refractivity contribution < 1.29 is 0 Å². The second-order valence-electron chi connectivity index (χ2n) is 5.13. The van der Waals surface area contributed by atoms with E-state index in [0.717, 1.165) is 6.54 Å². The molecule has 0 aliphatic heterocycles. The van der Waals surface area contributed by atoms with E-state index in [-0.39, 0.29) is 0 Å². The number of hydrogen-bond acceptors (Lipinski definition) is 2. The Bertz CT molecular complexity index is 474. The zero-order valence-electron chi connectivity index (χ0n) is 12.7. The number of rotatable bonds is 3. The lowest BCUT2D eigenvalue weighted by Crippen LogP contribution is -2.27. The van der Waals surface area contributed by atoms with Gasteiger partial charge in [0.15, 0.2) is 0 Å². The van der Waals surface area contributed by atoms with E-state index in [1.54, 1.807) is 0 Å². The summed E-state index contributed by atoms with van der Waals surface area (Å²) in [6.45, 7) is 4.97. The summed E-state index contributed by atoms with van der Waals surface area (Å²) in [7, 11) is 0. The fourth-order valence-electron chi connectivity index (χ4n) is 2.85. The summed E-state index contributed by atoms with van der Waals surface area (Å²) in [4.78, 5) is 4.56. The number of aryl methyl sites for hydroxylation is 1. The van der Waals surface area contributed by atoms with Crippen LogP contribution in [0.4, 0.5) is 0 Å². The van der Waals surface area contributed by atoms with Gasteiger partial charge >= 0.3 is 0 Å². The van der Waals surface area contributed by atoms with Crippen LogP contribution in [0.25, 0.3) is 0 Å². The maximum atomic E-state index is 4.56. The van der Waals surface area contributed by atoms with Crippen LogP contribution in [-0.4, -0.2) is 11.5 Å². The SMILES string of the molecule is C1=CC(CNC2CCCc3cccnc32)=CCC1.CC. The van der Waals surface area contributed by atoms with E-state index in [2.05, 4.69) is 34.6 Å². The number of hydrogen-bond donors (Lipinski definition) is 1. The van der Waals surface area contributed by atoms with Gasteiger partial charge in [0, 0.05) is 12.7 Å². The summed E-state index contributed by atoms with van der Waals surface area (Å²) in [5, 5.41) is 3.67. The summed E-state index contributed by atoms with van der Waals surface area (Å²) in [5.41, 5.74) is 4.11. The Morgan fingerprint density at radius 2 is 2.20 bits per heavy atom. The van der Waals surface area contributed by atoms with Crippen LogP contribution >= 0.6 is 0 Å². The van der Waals surface area contributed by atoms with Gasteiger partial charge < -0.3 is 5.32 Å². The molecule has 1 aromatic rings. The number of fused-ring (bicyclic) bond motifs is 1. The molecule has 1 aromatic heterocycles. The van der Waals surface area contributed by atoms with E-state index in [0.29, 0.717) is 6.04 Å². The molecule has 1 N–H and O–H groups in total. The second-order valence-corrected chi connectivity index (χ2v) is 5.13. The third kappa shape index (κ3) is 3.80. The first-order chi connectivity index (χ1) is 9.93. The zero-order valence-corrected chi connectivity index (χ0v) is 12.7. The van der Waals surface area contributed by atoms with E-state index in [9.17, 15) is 0 Å². The van der Waals surface area contributed by atoms with Crippen LogP contribution in [0.3, 0.4) is 0 Å². The Labute approximate surface area is 123 Å². The highest BCUT2D eigenvalue weighted by Gasteiger charge is 2.20. The van der Waals surface area contributed by atoms with Crippen LogP contribution in [0.1, 0.15) is 56.8 Å². The van der Waals surface area contributed by atoms with Crippen LogP contribution in [0.5, 0.6) is 0 Å². The number of nitrogens with zero attached hydrogens (tertiary/aromatic N) is 1. The van der Waals surface area contributed by atoms with Crippen molar-refractivity contribution in [2.75, 3.05) is 6.54 Å². The third-order valence-electron chi connectivity index (χ3n) is 3.82. The summed E-state index contributed by atoms with van der Waals surface area (Å²) >= 11 is 0. The Morgan fingerprint density at radius 3 is 3.00 bits per heavy atom. The van der Waals surface area contributed by atoms with Crippen molar-refractivity contribution in [2.45, 2.75) is 52.0 Å². The highest BCUT2D eigenvalue weighted by Crippen LogP contribution is 2.27. The van der Waals surface area contributed by atoms with Crippen LogP contribution in [0, 0.1) is 0 Å². The van der Waals surface area contributed by atoms with Crippen molar-refractivity contribution in [1.82, 2.24) is 10.3 Å². The minimum atomic E-state index is 0.436. The maximum absolute atomic E-state index is 4.56. The molecule has 0 aromatic carbocycles. The average molecular weight is 270 g/mol. The van der Waals surface area contributed by atoms with Gasteiger partial charge in [-0.1, -0.05) is 38.1 Å². The molecule has 0 saturated heterocycles. The van der Waals surface area contributed by atoms with Crippen molar-refractivity contribution in [3.63, 3.8) is 0 Å². The van der Waals surface area contributed by atoms with Crippen molar-refractivity contribution in [3.05, 3.63) is 53.4 Å². The molecule has 0 bridgehead atoms. The predicted octanol–water partition coefficient (Wildman–Crippen LogP) is 4.35. The highest BCUT2D eigenvalue weighted by atomic mass is 14.9. The summed E-state index contributed by atoms with van der Waals surface area (Å²) < 4.78 is 0. The Kier molecular flexibility index (Phi) is 6.00. The smallest absolute Gasteiger partial charge is 0.0605 e. The van der Waals surface area contributed by atoms with Gasteiger partial charge in [0.05, 0.1) is 11.7 Å². The van der Waals surface area contributed by atoms with Crippen molar-refractivity contribution in [2.24, 2.45) is 0 Å². The minimum Gasteiger partial charge on any atom is -0.305 e. The molecule has 2 nitrogen and oxygen atoms in total. The molecule has 2 aliphatic rings. The van der Waals surface area contributed by atoms with Crippen molar-refractivity contribution in [1.29, 1.82) is 0 Å². The van der Waals surface area contributed by atoms with Crippen LogP contribution in [0.2, 0.25) is 0 Å². The average Bonchev–Trinajstić information content (AvgIpc) is 2.56. The first-order valence-electron chi connectivity index (χ1n) is 7.96. The van der Waals surface area contributed by atoms with Gasteiger partial charge in [0.2, 0.25) is 0 Å². The highest BCUT2D eigenvalue weighted by molar-refractivity contribution is 5.27. The number of nitrogens with one attached hydrogen (secondary N) is 1. The lowest BCUT2D eigenvalue weighted by molar-refractivity contribution is 0.465. The molecule has 2 heteroatoms. The molecule has 1 heterocycles. The lowest BCUT2D eigenvalue weighted by atomic mass is 9.91. The Morgan fingerprint density at radius 1 is 1.30 bits per heavy atom. The first-order valence-corrected chi connectivity index (χ1v) is 7.96. The molecule has 0 fully saturated rings. The van der Waals surface area contributed by atoms with E-state index >= 15 is 0 Å². The Hall–Kier alpha value is -1.41. The molecule has 0 amide bonds. The van der Waals surface area contributed by atoms with Crippen LogP contribution < -0.4 is 5.32 Å². The quantitative estimate of drug-likeness (QED) is 0.883. The summed E-state index contributed by atoms with van der Waals surface area (Å²) in [6.07, 6.45) is 14.8. The van der Waals surface area contributed by atoms with Crippen LogP contribution in [-0.2, 0) is 6.42 Å². The molecule has 1 unspecified atom stereocenters. The number of pyridine rings is 1. The van der Waals surface area contributed by atoms with Gasteiger partial charge in [-0.05, 0) is 49.3 Å². The molecule has 108 valence electrons. The van der Waals surface area contributed by atoms with Crippen molar-refractivity contribution in [3.8, 4) is 0 Å². The molecule has 0 radical (unpaired) electrons. The molecular weight excluding hydrogens is 244 g/mol. The first kappa shape index (κ1) is 15.0. The molecule has 0 spiro atoms.